The number of carboxylic acid groups (broad SMARTS) is 1. The van der Waals surface area contributed by atoms with E-state index in [-0.39, 0.29) is 10.8 Å². The molecule has 2 heterocycles. The zero-order valence-electron chi connectivity index (χ0n) is 6.36. The average molecular weight is 215 g/mol. The third-order valence-electron chi connectivity index (χ3n) is 1.52. The Bertz CT molecular complexity index is 385. The smallest absolute Gasteiger partial charge is 0.345 e. The number of fused-ring (bicyclic) bond motifs is 1. The molecule has 13 heavy (non-hydrogen) atoms. The van der Waals surface area contributed by atoms with E-state index in [1.54, 1.807) is 0 Å². The first-order valence-corrected chi connectivity index (χ1v) is 5.27. The van der Waals surface area contributed by atoms with Crippen molar-refractivity contribution >= 4 is 40.7 Å². The number of carbonyl (C=O) groups excluding carboxylic acids is 1. The molecular weight excluding hydrogens is 210 g/mol. The summed E-state index contributed by atoms with van der Waals surface area (Å²) in [5.41, 5.74) is 0.628. The Hall–Kier alpha value is -1.01. The SMILES string of the molecule is O=C1CSc2sc(C(=O)O)cc2N1. The molecule has 1 aliphatic heterocycles. The molecule has 0 fully saturated rings. The van der Waals surface area contributed by atoms with Crippen LogP contribution in [0.2, 0.25) is 0 Å². The van der Waals surface area contributed by atoms with Crippen LogP contribution in [-0.2, 0) is 4.79 Å². The number of carboxylic acids is 1. The van der Waals surface area contributed by atoms with Gasteiger partial charge in [-0.3, -0.25) is 4.79 Å². The Balaban J connectivity index is 2.39. The lowest BCUT2D eigenvalue weighted by Crippen LogP contribution is -2.17. The van der Waals surface area contributed by atoms with Crippen molar-refractivity contribution in [1.82, 2.24) is 0 Å². The van der Waals surface area contributed by atoms with Crippen LogP contribution in [0.25, 0.3) is 0 Å². The number of hydrogen-bond acceptors (Lipinski definition) is 4. The molecule has 0 aliphatic carbocycles. The van der Waals surface area contributed by atoms with Crippen LogP contribution in [0, 0.1) is 0 Å². The van der Waals surface area contributed by atoms with Gasteiger partial charge in [0.2, 0.25) is 5.91 Å². The Morgan fingerprint density at radius 2 is 2.38 bits per heavy atom. The highest BCUT2D eigenvalue weighted by Gasteiger charge is 2.20. The highest BCUT2D eigenvalue weighted by Crippen LogP contribution is 2.38. The number of hydrogen-bond donors (Lipinski definition) is 2. The Morgan fingerprint density at radius 3 is 3.08 bits per heavy atom. The van der Waals surface area contributed by atoms with Crippen molar-refractivity contribution in [2.24, 2.45) is 0 Å². The topological polar surface area (TPSA) is 66.4 Å². The summed E-state index contributed by atoms with van der Waals surface area (Å²) in [4.78, 5) is 21.8. The molecule has 2 rings (SSSR count). The van der Waals surface area contributed by atoms with Crippen molar-refractivity contribution in [2.75, 3.05) is 11.1 Å². The van der Waals surface area contributed by atoms with Crippen molar-refractivity contribution in [1.29, 1.82) is 0 Å². The van der Waals surface area contributed by atoms with E-state index in [0.29, 0.717) is 11.4 Å². The van der Waals surface area contributed by atoms with Crippen molar-refractivity contribution in [2.45, 2.75) is 4.21 Å². The molecule has 1 amide bonds. The zero-order valence-corrected chi connectivity index (χ0v) is 8.00. The predicted molar refractivity (Wildman–Crippen MR) is 50.6 cm³/mol. The molecule has 4 nitrogen and oxygen atoms in total. The minimum Gasteiger partial charge on any atom is -0.477 e. The molecule has 1 aromatic heterocycles. The summed E-state index contributed by atoms with van der Waals surface area (Å²) in [6, 6.07) is 1.49. The summed E-state index contributed by atoms with van der Waals surface area (Å²) in [6.45, 7) is 0. The van der Waals surface area contributed by atoms with Crippen molar-refractivity contribution in [3.8, 4) is 0 Å². The Kier molecular flexibility index (Phi) is 2.01. The van der Waals surface area contributed by atoms with Crippen LogP contribution in [0.15, 0.2) is 10.3 Å². The molecule has 0 bridgehead atoms. The largest absolute Gasteiger partial charge is 0.477 e. The molecule has 0 radical (unpaired) electrons. The van der Waals surface area contributed by atoms with Gasteiger partial charge in [-0.1, -0.05) is 0 Å². The van der Waals surface area contributed by atoms with Gasteiger partial charge in [0.1, 0.15) is 4.88 Å². The van der Waals surface area contributed by atoms with E-state index in [4.69, 9.17) is 5.11 Å². The molecular formula is C7H5NO3S2. The van der Waals surface area contributed by atoms with E-state index < -0.39 is 5.97 Å². The number of aromatic carboxylic acids is 1. The Labute approximate surface area is 82.0 Å². The van der Waals surface area contributed by atoms with Gasteiger partial charge in [-0.15, -0.1) is 23.1 Å². The lowest BCUT2D eigenvalue weighted by Gasteiger charge is -2.10. The highest BCUT2D eigenvalue weighted by atomic mass is 32.2. The summed E-state index contributed by atoms with van der Waals surface area (Å²) in [5.74, 6) is -0.659. The first-order chi connectivity index (χ1) is 6.16. The van der Waals surface area contributed by atoms with Crippen LogP contribution in [-0.4, -0.2) is 22.7 Å². The number of carbonyl (C=O) groups is 2. The van der Waals surface area contributed by atoms with E-state index in [2.05, 4.69) is 5.32 Å². The summed E-state index contributed by atoms with van der Waals surface area (Å²) in [5, 5.41) is 11.3. The van der Waals surface area contributed by atoms with Gasteiger partial charge >= 0.3 is 5.97 Å². The summed E-state index contributed by atoms with van der Waals surface area (Å²) >= 11 is 2.57. The maximum absolute atomic E-state index is 10.9. The van der Waals surface area contributed by atoms with Crippen LogP contribution >= 0.6 is 23.1 Å². The van der Waals surface area contributed by atoms with E-state index in [9.17, 15) is 9.59 Å². The number of thioether (sulfide) groups is 1. The van der Waals surface area contributed by atoms with Gasteiger partial charge in [0.05, 0.1) is 15.6 Å². The van der Waals surface area contributed by atoms with E-state index >= 15 is 0 Å². The molecule has 1 aromatic rings. The highest BCUT2D eigenvalue weighted by molar-refractivity contribution is 8.02. The van der Waals surface area contributed by atoms with Crippen LogP contribution in [0.1, 0.15) is 9.67 Å². The summed E-state index contributed by atoms with van der Waals surface area (Å²) in [6.07, 6.45) is 0. The third kappa shape index (κ3) is 1.54. The molecule has 0 saturated carbocycles. The first-order valence-electron chi connectivity index (χ1n) is 3.46. The van der Waals surface area contributed by atoms with Gasteiger partial charge in [0.25, 0.3) is 0 Å². The monoisotopic (exact) mass is 215 g/mol. The Morgan fingerprint density at radius 1 is 1.62 bits per heavy atom. The number of nitrogens with one attached hydrogen (secondary N) is 1. The fraction of sp³-hybridized carbons (Fsp3) is 0.143. The van der Waals surface area contributed by atoms with Gasteiger partial charge in [0, 0.05) is 0 Å². The quantitative estimate of drug-likeness (QED) is 0.744. The molecule has 0 aromatic carbocycles. The van der Waals surface area contributed by atoms with Gasteiger partial charge < -0.3 is 10.4 Å². The second-order valence-electron chi connectivity index (χ2n) is 2.45. The molecule has 0 spiro atoms. The lowest BCUT2D eigenvalue weighted by molar-refractivity contribution is -0.113. The molecule has 2 N–H and O–H groups in total. The second-order valence-corrected chi connectivity index (χ2v) is 4.75. The predicted octanol–water partition coefficient (Wildman–Crippen LogP) is 1.49. The van der Waals surface area contributed by atoms with Crippen molar-refractivity contribution in [3.05, 3.63) is 10.9 Å². The summed E-state index contributed by atoms with van der Waals surface area (Å²) in [7, 11) is 0. The molecule has 68 valence electrons. The normalized spacial score (nSPS) is 14.9. The number of rotatable bonds is 1. The van der Waals surface area contributed by atoms with Gasteiger partial charge in [-0.25, -0.2) is 4.79 Å². The molecule has 0 unspecified atom stereocenters. The maximum Gasteiger partial charge on any atom is 0.345 e. The molecule has 0 atom stereocenters. The van der Waals surface area contributed by atoms with Crippen LogP contribution in [0.4, 0.5) is 5.69 Å². The van der Waals surface area contributed by atoms with Crippen LogP contribution in [0.3, 0.4) is 0 Å². The number of anilines is 1. The average Bonchev–Trinajstić information content (AvgIpc) is 2.46. The molecule has 0 saturated heterocycles. The second kappa shape index (κ2) is 3.04. The fourth-order valence-electron chi connectivity index (χ4n) is 0.991. The van der Waals surface area contributed by atoms with E-state index in [0.717, 1.165) is 4.21 Å². The summed E-state index contributed by atoms with van der Waals surface area (Å²) < 4.78 is 0.872. The zero-order chi connectivity index (χ0) is 9.42. The van der Waals surface area contributed by atoms with Crippen molar-refractivity contribution < 1.29 is 14.7 Å². The van der Waals surface area contributed by atoms with E-state index in [1.807, 2.05) is 0 Å². The first kappa shape index (κ1) is 8.58. The van der Waals surface area contributed by atoms with Crippen LogP contribution in [0.5, 0.6) is 0 Å². The fourth-order valence-corrected chi connectivity index (χ4v) is 2.96. The van der Waals surface area contributed by atoms with Gasteiger partial charge in [-0.05, 0) is 6.07 Å². The minimum atomic E-state index is -0.950. The van der Waals surface area contributed by atoms with Crippen molar-refractivity contribution in [3.63, 3.8) is 0 Å². The standard InChI is InChI=1S/C7H5NO3S2/c9-5-2-12-7-3(8-5)1-4(13-7)6(10)11/h1H,2H2,(H,8,9)(H,10,11). The van der Waals surface area contributed by atoms with E-state index in [1.165, 1.54) is 29.2 Å². The molecule has 1 aliphatic rings. The van der Waals surface area contributed by atoms with Gasteiger partial charge in [-0.2, -0.15) is 0 Å². The number of amides is 1. The lowest BCUT2D eigenvalue weighted by atomic mass is 10.4. The van der Waals surface area contributed by atoms with Crippen LogP contribution < -0.4 is 5.32 Å². The maximum atomic E-state index is 10.9. The van der Waals surface area contributed by atoms with Gasteiger partial charge in [0.15, 0.2) is 0 Å². The minimum absolute atomic E-state index is 0.0766. The third-order valence-corrected chi connectivity index (χ3v) is 3.93. The molecule has 6 heteroatoms. The number of thiophene rings is 1.